The fourth-order valence-corrected chi connectivity index (χ4v) is 2.58. The Balaban J connectivity index is 2.06. The molecule has 0 unspecified atom stereocenters. The van der Waals surface area contributed by atoms with Gasteiger partial charge < -0.3 is 24.8 Å². The van der Waals surface area contributed by atoms with Crippen LogP contribution in [0.4, 0.5) is 5.82 Å². The maximum atomic E-state index is 11.7. The van der Waals surface area contributed by atoms with Gasteiger partial charge in [0.15, 0.2) is 0 Å². The van der Waals surface area contributed by atoms with Crippen molar-refractivity contribution in [1.82, 2.24) is 9.55 Å². The first kappa shape index (κ1) is 15.6. The molecule has 2 rings (SSSR count). The lowest BCUT2D eigenvalue weighted by atomic mass is 10.0. The second-order valence-electron chi connectivity index (χ2n) is 4.67. The van der Waals surface area contributed by atoms with Gasteiger partial charge in [0.05, 0.1) is 12.7 Å². The maximum Gasteiger partial charge on any atom is 0.351 e. The molecule has 20 heavy (non-hydrogen) atoms. The number of hydrogen-bond acceptors (Lipinski definition) is 6. The summed E-state index contributed by atoms with van der Waals surface area (Å²) in [7, 11) is 0. The smallest absolute Gasteiger partial charge is 0.351 e. The van der Waals surface area contributed by atoms with Crippen LogP contribution in [0.1, 0.15) is 19.6 Å². The normalized spacial score (nSPS) is 26.9. The van der Waals surface area contributed by atoms with E-state index >= 15 is 0 Å². The molecule has 1 saturated heterocycles. The molecule has 1 aromatic rings. The molecule has 1 fully saturated rings. The summed E-state index contributed by atoms with van der Waals surface area (Å²) in [6.07, 6.45) is 1.26. The Bertz CT molecular complexity index is 589. The van der Waals surface area contributed by atoms with Crippen molar-refractivity contribution in [3.63, 3.8) is 0 Å². The van der Waals surface area contributed by atoms with Crippen LogP contribution in [0, 0.1) is 5.92 Å². The average Bonchev–Trinajstić information content (AvgIpc) is 2.67. The van der Waals surface area contributed by atoms with E-state index in [0.29, 0.717) is 6.42 Å². The summed E-state index contributed by atoms with van der Waals surface area (Å²) in [5.74, 6) is 0.226. The zero-order valence-corrected chi connectivity index (χ0v) is 12.5. The second kappa shape index (κ2) is 5.88. The van der Waals surface area contributed by atoms with Crippen molar-refractivity contribution in [3.05, 3.63) is 22.7 Å². The highest BCUT2D eigenvalue weighted by Crippen LogP contribution is 2.39. The van der Waals surface area contributed by atoms with Crippen LogP contribution < -0.4 is 11.4 Å². The number of ether oxygens (including phenoxy) is 1. The van der Waals surface area contributed by atoms with Crippen molar-refractivity contribution in [2.45, 2.75) is 25.7 Å². The summed E-state index contributed by atoms with van der Waals surface area (Å²) in [5.41, 5.74) is 4.94. The zero-order valence-electron chi connectivity index (χ0n) is 10.7. The van der Waals surface area contributed by atoms with E-state index in [1.54, 1.807) is 0 Å². The number of nitrogens with two attached hydrogens (primary N) is 1. The molecule has 1 aliphatic heterocycles. The molecule has 0 radical (unpaired) electrons. The third-order valence-corrected chi connectivity index (χ3v) is 3.91. The number of hydrogen-bond donors (Lipinski definition) is 3. The molecule has 1 aliphatic rings. The molecule has 3 atom stereocenters. The predicted molar refractivity (Wildman–Crippen MR) is 75.3 cm³/mol. The molecule has 1 aromatic heterocycles. The Hall–Kier alpha value is -0.830. The second-order valence-corrected chi connectivity index (χ2v) is 7.34. The van der Waals surface area contributed by atoms with Crippen LogP contribution in [0.2, 0.25) is 0 Å². The Morgan fingerprint density at radius 3 is 3.00 bits per heavy atom. The number of rotatable bonds is 4. The Kier molecular flexibility index (Phi) is 4.58. The summed E-state index contributed by atoms with van der Waals surface area (Å²) in [6.45, 7) is -1.81. The topological polar surface area (TPSA) is 120 Å². The van der Waals surface area contributed by atoms with Gasteiger partial charge in [-0.25, -0.2) is 4.79 Å². The minimum atomic E-state index is -3.70. The van der Waals surface area contributed by atoms with E-state index in [4.69, 9.17) is 24.8 Å². The minimum Gasteiger partial charge on any atom is -0.383 e. The number of anilines is 1. The summed E-state index contributed by atoms with van der Waals surface area (Å²) in [4.78, 5) is 33.5. The van der Waals surface area contributed by atoms with Gasteiger partial charge in [0.2, 0.25) is 0 Å². The Morgan fingerprint density at radius 2 is 2.40 bits per heavy atom. The lowest BCUT2D eigenvalue weighted by Gasteiger charge is -2.17. The molecule has 0 spiro atoms. The molecular weight excluding hydrogens is 305 g/mol. The van der Waals surface area contributed by atoms with E-state index in [1.165, 1.54) is 16.8 Å². The van der Waals surface area contributed by atoms with Crippen LogP contribution in [-0.2, 0) is 21.1 Å². The number of aromatic nitrogens is 2. The van der Waals surface area contributed by atoms with Crippen molar-refractivity contribution in [2.75, 3.05) is 12.3 Å². The van der Waals surface area contributed by atoms with Gasteiger partial charge in [-0.15, -0.1) is 0 Å². The Morgan fingerprint density at radius 1 is 1.70 bits per heavy atom. The van der Waals surface area contributed by atoms with Gasteiger partial charge in [-0.3, -0.25) is 4.57 Å². The fourth-order valence-electron chi connectivity index (χ4n) is 2.06. The van der Waals surface area contributed by atoms with E-state index in [1.807, 2.05) is 6.92 Å². The van der Waals surface area contributed by atoms with E-state index < -0.39 is 18.6 Å². The van der Waals surface area contributed by atoms with Gasteiger partial charge in [-0.1, -0.05) is 6.92 Å². The molecule has 2 heterocycles. The molecule has 0 amide bonds. The molecule has 8 nitrogen and oxygen atoms in total. The highest BCUT2D eigenvalue weighted by Gasteiger charge is 2.34. The lowest BCUT2D eigenvalue weighted by Crippen LogP contribution is -2.28. The van der Waals surface area contributed by atoms with Crippen LogP contribution in [0.3, 0.4) is 0 Å². The maximum absolute atomic E-state index is 11.7. The summed E-state index contributed by atoms with van der Waals surface area (Å²) in [6, 6.07) is 1.51. The SMILES string of the molecule is C[C@H]1C[C@H](n2ccc(N)nc2=O)O[C@@H]1COP(O)(O)=S. The molecule has 0 bridgehead atoms. The van der Waals surface area contributed by atoms with Gasteiger partial charge in [-0.2, -0.15) is 4.98 Å². The number of nitrogen functional groups attached to an aromatic ring is 1. The van der Waals surface area contributed by atoms with Crippen LogP contribution in [0.25, 0.3) is 0 Å². The van der Waals surface area contributed by atoms with E-state index in [2.05, 4.69) is 16.8 Å². The standard InChI is InChI=1S/C10H16N3O5PS/c1-6-4-9(13-3-2-8(11)12-10(13)14)18-7(6)5-17-19(15,16)20/h2-3,6-7,9H,4-5H2,1H3,(H2,11,12,14)(H2,15,16,20)/t6-,7+,9+/m0/s1. The van der Waals surface area contributed by atoms with Crippen molar-refractivity contribution >= 4 is 24.3 Å². The first-order valence-corrected chi connectivity index (χ1v) is 8.59. The molecule has 0 aromatic carbocycles. The van der Waals surface area contributed by atoms with Crippen LogP contribution in [0.5, 0.6) is 0 Å². The van der Waals surface area contributed by atoms with Gasteiger partial charge in [0.1, 0.15) is 12.0 Å². The van der Waals surface area contributed by atoms with Crippen LogP contribution in [0.15, 0.2) is 17.1 Å². The quantitative estimate of drug-likeness (QED) is 0.662. The Labute approximate surface area is 120 Å². The lowest BCUT2D eigenvalue weighted by molar-refractivity contribution is -0.0282. The molecular formula is C10H16N3O5PS. The summed E-state index contributed by atoms with van der Waals surface area (Å²) < 4.78 is 11.8. The van der Waals surface area contributed by atoms with E-state index in [9.17, 15) is 4.79 Å². The highest BCUT2D eigenvalue weighted by molar-refractivity contribution is 8.06. The van der Waals surface area contributed by atoms with Gasteiger partial charge in [0.25, 0.3) is 0 Å². The minimum absolute atomic E-state index is 0.0287. The monoisotopic (exact) mass is 321 g/mol. The molecule has 4 N–H and O–H groups in total. The molecule has 0 saturated carbocycles. The summed E-state index contributed by atoms with van der Waals surface area (Å²) in [5, 5.41) is 0. The van der Waals surface area contributed by atoms with Crippen LogP contribution in [-0.4, -0.2) is 32.0 Å². The van der Waals surface area contributed by atoms with E-state index in [-0.39, 0.29) is 24.4 Å². The fraction of sp³-hybridized carbons (Fsp3) is 0.600. The van der Waals surface area contributed by atoms with Crippen molar-refractivity contribution in [2.24, 2.45) is 5.92 Å². The first-order valence-electron chi connectivity index (χ1n) is 5.96. The predicted octanol–water partition coefficient (Wildman–Crippen LogP) is -0.0252. The third-order valence-electron chi connectivity index (χ3n) is 3.11. The first-order chi connectivity index (χ1) is 9.26. The third kappa shape index (κ3) is 3.85. The number of nitrogens with zero attached hydrogens (tertiary/aromatic N) is 2. The van der Waals surface area contributed by atoms with Crippen molar-refractivity contribution in [1.29, 1.82) is 0 Å². The summed E-state index contributed by atoms with van der Waals surface area (Å²) >= 11 is 4.38. The van der Waals surface area contributed by atoms with Gasteiger partial charge in [-0.05, 0) is 30.2 Å². The van der Waals surface area contributed by atoms with Gasteiger partial charge >= 0.3 is 12.4 Å². The zero-order chi connectivity index (χ0) is 14.9. The van der Waals surface area contributed by atoms with Crippen molar-refractivity contribution in [3.8, 4) is 0 Å². The highest BCUT2D eigenvalue weighted by atomic mass is 32.5. The largest absolute Gasteiger partial charge is 0.383 e. The van der Waals surface area contributed by atoms with Gasteiger partial charge in [0, 0.05) is 6.20 Å². The van der Waals surface area contributed by atoms with Crippen LogP contribution >= 0.6 is 6.72 Å². The average molecular weight is 321 g/mol. The molecule has 10 heteroatoms. The molecule has 112 valence electrons. The molecule has 0 aliphatic carbocycles. The van der Waals surface area contributed by atoms with Crippen molar-refractivity contribution < 1.29 is 19.0 Å². The van der Waals surface area contributed by atoms with E-state index in [0.717, 1.165) is 0 Å².